The molecule has 0 aliphatic carbocycles. The predicted octanol–water partition coefficient (Wildman–Crippen LogP) is 3.63. The van der Waals surface area contributed by atoms with Gasteiger partial charge in [-0.25, -0.2) is 9.37 Å². The van der Waals surface area contributed by atoms with Crippen molar-refractivity contribution < 1.29 is 13.9 Å². The fourth-order valence-corrected chi connectivity index (χ4v) is 4.35. The van der Waals surface area contributed by atoms with Gasteiger partial charge in [-0.2, -0.15) is 4.37 Å². The first-order valence-electron chi connectivity index (χ1n) is 9.80. The number of carbonyl (C=O) groups excluding carboxylic acids is 1. The Balaban J connectivity index is 1.40. The fourth-order valence-electron chi connectivity index (χ4n) is 3.63. The van der Waals surface area contributed by atoms with Crippen LogP contribution in [-0.2, 0) is 6.42 Å². The van der Waals surface area contributed by atoms with Gasteiger partial charge >= 0.3 is 0 Å². The number of amides is 1. The van der Waals surface area contributed by atoms with Gasteiger partial charge < -0.3 is 14.5 Å². The highest BCUT2D eigenvalue weighted by Gasteiger charge is 2.29. The van der Waals surface area contributed by atoms with Crippen LogP contribution >= 0.6 is 11.5 Å². The average Bonchev–Trinajstić information content (AvgIpc) is 3.22. The first-order chi connectivity index (χ1) is 14.5. The van der Waals surface area contributed by atoms with Gasteiger partial charge in [0.2, 0.25) is 5.13 Å². The van der Waals surface area contributed by atoms with Crippen LogP contribution in [-0.4, -0.2) is 53.0 Å². The van der Waals surface area contributed by atoms with Gasteiger partial charge in [0.25, 0.3) is 5.91 Å². The van der Waals surface area contributed by atoms with E-state index in [2.05, 4.69) is 9.27 Å². The highest BCUT2D eigenvalue weighted by molar-refractivity contribution is 7.09. The minimum atomic E-state index is -0.399. The fraction of sp³-hybridized carbons (Fsp3) is 0.318. The molecule has 6 nitrogen and oxygen atoms in total. The molecule has 4 rings (SSSR count). The third kappa shape index (κ3) is 4.43. The van der Waals surface area contributed by atoms with Crippen LogP contribution in [0.2, 0.25) is 0 Å². The van der Waals surface area contributed by atoms with Gasteiger partial charge in [0.05, 0.1) is 7.11 Å². The normalized spacial score (nSPS) is 16.6. The lowest BCUT2D eigenvalue weighted by Crippen LogP contribution is -2.54. The number of halogens is 1. The summed E-state index contributed by atoms with van der Waals surface area (Å²) in [5.74, 6) is 1.05. The summed E-state index contributed by atoms with van der Waals surface area (Å²) < 4.78 is 23.3. The van der Waals surface area contributed by atoms with E-state index in [1.165, 1.54) is 23.7 Å². The number of hydrogen-bond acceptors (Lipinski definition) is 6. The van der Waals surface area contributed by atoms with E-state index in [0.717, 1.165) is 22.3 Å². The second-order valence-electron chi connectivity index (χ2n) is 7.33. The highest BCUT2D eigenvalue weighted by atomic mass is 32.1. The molecule has 1 aromatic heterocycles. The summed E-state index contributed by atoms with van der Waals surface area (Å²) in [5, 5.41) is 0.859. The SMILES string of the molecule is COc1cccc(Cc2nsc(N3CCN(C(=O)c4cccc(F)c4)C(C)C3)n2)c1. The number of methoxy groups -OCH3 is 1. The Bertz CT molecular complexity index is 1040. The molecule has 1 fully saturated rings. The molecule has 2 heterocycles. The molecule has 1 atom stereocenters. The van der Waals surface area contributed by atoms with E-state index in [4.69, 9.17) is 9.72 Å². The molecule has 2 aromatic carbocycles. The molecule has 1 unspecified atom stereocenters. The average molecular weight is 427 g/mol. The number of anilines is 1. The first-order valence-corrected chi connectivity index (χ1v) is 10.6. The van der Waals surface area contributed by atoms with E-state index in [0.29, 0.717) is 31.6 Å². The van der Waals surface area contributed by atoms with E-state index in [9.17, 15) is 9.18 Å². The summed E-state index contributed by atoms with van der Waals surface area (Å²) in [5.41, 5.74) is 1.48. The Labute approximate surface area is 179 Å². The van der Waals surface area contributed by atoms with Gasteiger partial charge in [-0.3, -0.25) is 4.79 Å². The van der Waals surface area contributed by atoms with Gasteiger partial charge in [0.1, 0.15) is 17.4 Å². The lowest BCUT2D eigenvalue weighted by atomic mass is 10.1. The summed E-state index contributed by atoms with van der Waals surface area (Å²) in [7, 11) is 1.65. The molecule has 0 radical (unpaired) electrons. The Kier molecular flexibility index (Phi) is 5.94. The Morgan fingerprint density at radius 1 is 1.23 bits per heavy atom. The Hall–Kier alpha value is -3.00. The monoisotopic (exact) mass is 426 g/mol. The van der Waals surface area contributed by atoms with Crippen LogP contribution in [0.1, 0.15) is 28.7 Å². The zero-order chi connectivity index (χ0) is 21.1. The first kappa shape index (κ1) is 20.3. The molecule has 30 heavy (non-hydrogen) atoms. The summed E-state index contributed by atoms with van der Waals surface area (Å²) in [6.07, 6.45) is 0.640. The van der Waals surface area contributed by atoms with Crippen LogP contribution in [0.15, 0.2) is 48.5 Å². The van der Waals surface area contributed by atoms with Crippen LogP contribution in [0.4, 0.5) is 9.52 Å². The number of piperazine rings is 1. The number of benzene rings is 2. The molecule has 0 bridgehead atoms. The largest absolute Gasteiger partial charge is 0.497 e. The van der Waals surface area contributed by atoms with E-state index >= 15 is 0 Å². The van der Waals surface area contributed by atoms with E-state index in [1.807, 2.05) is 31.2 Å². The van der Waals surface area contributed by atoms with Crippen molar-refractivity contribution in [3.63, 3.8) is 0 Å². The number of hydrogen-bond donors (Lipinski definition) is 0. The van der Waals surface area contributed by atoms with Crippen molar-refractivity contribution in [3.8, 4) is 5.75 Å². The van der Waals surface area contributed by atoms with Crippen LogP contribution in [0, 0.1) is 5.82 Å². The number of nitrogens with zero attached hydrogens (tertiary/aromatic N) is 4. The molecular weight excluding hydrogens is 403 g/mol. The van der Waals surface area contributed by atoms with Crippen molar-refractivity contribution in [2.75, 3.05) is 31.6 Å². The Morgan fingerprint density at radius 2 is 2.07 bits per heavy atom. The molecule has 156 valence electrons. The van der Waals surface area contributed by atoms with E-state index < -0.39 is 5.82 Å². The minimum absolute atomic E-state index is 0.0137. The lowest BCUT2D eigenvalue weighted by molar-refractivity contribution is 0.0673. The maximum absolute atomic E-state index is 13.5. The second-order valence-corrected chi connectivity index (χ2v) is 8.06. The summed E-state index contributed by atoms with van der Waals surface area (Å²) >= 11 is 1.38. The van der Waals surface area contributed by atoms with Crippen molar-refractivity contribution in [2.24, 2.45) is 0 Å². The molecule has 1 aliphatic heterocycles. The number of rotatable bonds is 5. The molecule has 0 saturated carbocycles. The van der Waals surface area contributed by atoms with Gasteiger partial charge in [0, 0.05) is 49.2 Å². The van der Waals surface area contributed by atoms with Crippen LogP contribution < -0.4 is 9.64 Å². The van der Waals surface area contributed by atoms with E-state index in [-0.39, 0.29) is 11.9 Å². The van der Waals surface area contributed by atoms with Crippen molar-refractivity contribution in [2.45, 2.75) is 19.4 Å². The molecule has 1 saturated heterocycles. The number of ether oxygens (including phenoxy) is 1. The summed E-state index contributed by atoms with van der Waals surface area (Å²) in [6, 6.07) is 13.7. The summed E-state index contributed by atoms with van der Waals surface area (Å²) in [6.45, 7) is 3.89. The van der Waals surface area contributed by atoms with Gasteiger partial charge in [0.15, 0.2) is 0 Å². The van der Waals surface area contributed by atoms with Crippen molar-refractivity contribution >= 4 is 22.6 Å². The zero-order valence-corrected chi connectivity index (χ0v) is 17.7. The zero-order valence-electron chi connectivity index (χ0n) is 16.9. The standard InChI is InChI=1S/C22H23FN4O2S/c1-15-14-26(9-10-27(15)21(28)17-6-4-7-18(23)13-17)22-24-20(25-30-22)12-16-5-3-8-19(11-16)29-2/h3-8,11,13,15H,9-10,12,14H2,1-2H3. The predicted molar refractivity (Wildman–Crippen MR) is 115 cm³/mol. The highest BCUT2D eigenvalue weighted by Crippen LogP contribution is 2.24. The molecular formula is C22H23FN4O2S. The third-order valence-corrected chi connectivity index (χ3v) is 6.00. The molecule has 1 aliphatic rings. The van der Waals surface area contributed by atoms with Crippen LogP contribution in [0.3, 0.4) is 0 Å². The maximum Gasteiger partial charge on any atom is 0.254 e. The van der Waals surface area contributed by atoms with Crippen LogP contribution in [0.25, 0.3) is 0 Å². The molecule has 1 amide bonds. The van der Waals surface area contributed by atoms with E-state index in [1.54, 1.807) is 24.1 Å². The molecule has 3 aromatic rings. The topological polar surface area (TPSA) is 58.6 Å². The summed E-state index contributed by atoms with van der Waals surface area (Å²) in [4.78, 5) is 21.4. The van der Waals surface area contributed by atoms with Crippen molar-refractivity contribution in [1.29, 1.82) is 0 Å². The van der Waals surface area contributed by atoms with Crippen LogP contribution in [0.5, 0.6) is 5.75 Å². The molecule has 0 N–H and O–H groups in total. The Morgan fingerprint density at radius 3 is 2.83 bits per heavy atom. The molecule has 0 spiro atoms. The third-order valence-electron chi connectivity index (χ3n) is 5.18. The number of aromatic nitrogens is 2. The van der Waals surface area contributed by atoms with Gasteiger partial charge in [-0.05, 0) is 42.8 Å². The maximum atomic E-state index is 13.5. The number of carbonyl (C=O) groups is 1. The van der Waals surface area contributed by atoms with Gasteiger partial charge in [-0.15, -0.1) is 0 Å². The minimum Gasteiger partial charge on any atom is -0.497 e. The molecule has 8 heteroatoms. The quantitative estimate of drug-likeness (QED) is 0.624. The smallest absolute Gasteiger partial charge is 0.254 e. The van der Waals surface area contributed by atoms with Gasteiger partial charge in [-0.1, -0.05) is 18.2 Å². The second kappa shape index (κ2) is 8.79. The van der Waals surface area contributed by atoms with Crippen molar-refractivity contribution in [1.82, 2.24) is 14.3 Å². The van der Waals surface area contributed by atoms with Crippen molar-refractivity contribution in [3.05, 3.63) is 71.3 Å². The lowest BCUT2D eigenvalue weighted by Gasteiger charge is -2.39.